The summed E-state index contributed by atoms with van der Waals surface area (Å²) in [5.74, 6) is 0. The Morgan fingerprint density at radius 2 is 2.15 bits per heavy atom. The van der Waals surface area contributed by atoms with Crippen LogP contribution >= 0.6 is 11.6 Å². The first-order valence-corrected chi connectivity index (χ1v) is 4.91. The van der Waals surface area contributed by atoms with Gasteiger partial charge in [0.2, 0.25) is 0 Å². The number of hydrogen-bond donors (Lipinski definition) is 1. The van der Waals surface area contributed by atoms with Crippen LogP contribution in [0.5, 0.6) is 0 Å². The van der Waals surface area contributed by atoms with Gasteiger partial charge >= 0.3 is 0 Å². The first kappa shape index (κ1) is 10.6. The van der Waals surface area contributed by atoms with Gasteiger partial charge in [0, 0.05) is 5.02 Å². The lowest BCUT2D eigenvalue weighted by Gasteiger charge is -2.09. The molecule has 0 spiro atoms. The molecule has 0 bridgehead atoms. The molecule has 0 fully saturated rings. The largest absolute Gasteiger partial charge is 0.393 e. The monoisotopic (exact) mass is 198 g/mol. The fraction of sp³-hybridized carbons (Fsp3) is 0.455. The van der Waals surface area contributed by atoms with Crippen molar-refractivity contribution in [1.29, 1.82) is 0 Å². The van der Waals surface area contributed by atoms with Crippen LogP contribution in [0.3, 0.4) is 0 Å². The van der Waals surface area contributed by atoms with Crippen LogP contribution in [0.2, 0.25) is 5.02 Å². The van der Waals surface area contributed by atoms with Gasteiger partial charge in [-0.05, 0) is 43.9 Å². The smallest absolute Gasteiger partial charge is 0.0515 e. The summed E-state index contributed by atoms with van der Waals surface area (Å²) < 4.78 is 0. The van der Waals surface area contributed by atoms with E-state index < -0.39 is 0 Å². The summed E-state index contributed by atoms with van der Waals surface area (Å²) in [7, 11) is 0. The van der Waals surface area contributed by atoms with E-state index in [9.17, 15) is 0 Å². The highest BCUT2D eigenvalue weighted by molar-refractivity contribution is 6.31. The van der Waals surface area contributed by atoms with Crippen molar-refractivity contribution in [1.82, 2.24) is 0 Å². The zero-order chi connectivity index (χ0) is 9.84. The van der Waals surface area contributed by atoms with Crippen molar-refractivity contribution in [3.05, 3.63) is 34.3 Å². The number of benzene rings is 1. The number of hydrogen-bond acceptors (Lipinski definition) is 1. The summed E-state index contributed by atoms with van der Waals surface area (Å²) in [6, 6.07) is 5.89. The fourth-order valence-corrected chi connectivity index (χ4v) is 1.65. The highest BCUT2D eigenvalue weighted by atomic mass is 35.5. The molecule has 0 heterocycles. The first-order chi connectivity index (χ1) is 6.11. The van der Waals surface area contributed by atoms with Gasteiger partial charge in [-0.2, -0.15) is 0 Å². The number of aliphatic hydroxyl groups excluding tert-OH is 1. The third kappa shape index (κ3) is 3.02. The Morgan fingerprint density at radius 3 is 2.69 bits per heavy atom. The fourth-order valence-electron chi connectivity index (χ4n) is 1.34. The molecule has 0 radical (unpaired) electrons. The molecular weight excluding hydrogens is 184 g/mol. The van der Waals surface area contributed by atoms with E-state index in [1.165, 1.54) is 5.56 Å². The molecule has 1 nitrogen and oxygen atoms in total. The van der Waals surface area contributed by atoms with Crippen LogP contribution in [0, 0.1) is 6.92 Å². The lowest BCUT2D eigenvalue weighted by Crippen LogP contribution is -2.02. The van der Waals surface area contributed by atoms with Crippen molar-refractivity contribution < 1.29 is 5.11 Å². The van der Waals surface area contributed by atoms with Gasteiger partial charge in [-0.1, -0.05) is 23.7 Å². The highest BCUT2D eigenvalue weighted by Gasteiger charge is 2.04. The Hall–Kier alpha value is -0.530. The van der Waals surface area contributed by atoms with E-state index >= 15 is 0 Å². The topological polar surface area (TPSA) is 20.2 Å². The summed E-state index contributed by atoms with van der Waals surface area (Å²) in [6.07, 6.45) is 1.36. The van der Waals surface area contributed by atoms with Crippen LogP contribution in [0.25, 0.3) is 0 Å². The van der Waals surface area contributed by atoms with E-state index in [1.807, 2.05) is 25.1 Å². The van der Waals surface area contributed by atoms with Gasteiger partial charge < -0.3 is 5.11 Å². The van der Waals surface area contributed by atoms with Crippen LogP contribution < -0.4 is 0 Å². The Balaban J connectivity index is 2.75. The lowest BCUT2D eigenvalue weighted by molar-refractivity contribution is 0.185. The summed E-state index contributed by atoms with van der Waals surface area (Å²) in [5.41, 5.74) is 2.36. The van der Waals surface area contributed by atoms with E-state index in [0.717, 1.165) is 23.4 Å². The van der Waals surface area contributed by atoms with E-state index in [1.54, 1.807) is 6.92 Å². The average molecular weight is 199 g/mol. The SMILES string of the molecule is Cc1cccc(Cl)c1CC[C@@H](C)O. The minimum absolute atomic E-state index is 0.254. The Bertz CT molecular complexity index is 261. The Morgan fingerprint density at radius 1 is 1.46 bits per heavy atom. The molecule has 0 saturated heterocycles. The molecule has 1 rings (SSSR count). The molecule has 1 aromatic rings. The maximum absolute atomic E-state index is 9.15. The second kappa shape index (κ2) is 4.64. The van der Waals surface area contributed by atoms with Gasteiger partial charge in [0.1, 0.15) is 0 Å². The second-order valence-electron chi connectivity index (χ2n) is 3.42. The van der Waals surface area contributed by atoms with Crippen LogP contribution in [-0.4, -0.2) is 11.2 Å². The third-order valence-corrected chi connectivity index (χ3v) is 2.52. The van der Waals surface area contributed by atoms with Gasteiger partial charge in [-0.3, -0.25) is 0 Å². The van der Waals surface area contributed by atoms with Crippen molar-refractivity contribution >= 4 is 11.6 Å². The van der Waals surface area contributed by atoms with Crippen LogP contribution in [-0.2, 0) is 6.42 Å². The summed E-state index contributed by atoms with van der Waals surface area (Å²) >= 11 is 6.03. The minimum Gasteiger partial charge on any atom is -0.393 e. The van der Waals surface area contributed by atoms with Crippen molar-refractivity contribution in [2.24, 2.45) is 0 Å². The number of halogens is 1. The molecule has 0 amide bonds. The molecule has 1 atom stereocenters. The minimum atomic E-state index is -0.254. The second-order valence-corrected chi connectivity index (χ2v) is 3.83. The average Bonchev–Trinajstić information content (AvgIpc) is 2.03. The number of aryl methyl sites for hydroxylation is 1. The van der Waals surface area contributed by atoms with Gasteiger partial charge in [0.05, 0.1) is 6.10 Å². The zero-order valence-corrected chi connectivity index (χ0v) is 8.80. The summed E-state index contributed by atoms with van der Waals surface area (Å²) in [6.45, 7) is 3.84. The van der Waals surface area contributed by atoms with Gasteiger partial charge in [-0.25, -0.2) is 0 Å². The normalized spacial score (nSPS) is 12.9. The number of rotatable bonds is 3. The predicted octanol–water partition coefficient (Wildman–Crippen LogP) is 2.96. The summed E-state index contributed by atoms with van der Waals surface area (Å²) in [5, 5.41) is 9.96. The van der Waals surface area contributed by atoms with Crippen LogP contribution in [0.15, 0.2) is 18.2 Å². The predicted molar refractivity (Wildman–Crippen MR) is 56.2 cm³/mol. The lowest BCUT2D eigenvalue weighted by atomic mass is 10.0. The molecule has 0 unspecified atom stereocenters. The molecule has 1 aromatic carbocycles. The van der Waals surface area contributed by atoms with Crippen molar-refractivity contribution in [2.45, 2.75) is 32.8 Å². The maximum atomic E-state index is 9.15. The van der Waals surface area contributed by atoms with E-state index in [0.29, 0.717) is 0 Å². The molecule has 0 aliphatic heterocycles. The van der Waals surface area contributed by atoms with Crippen molar-refractivity contribution in [3.8, 4) is 0 Å². The molecular formula is C11H15ClO. The maximum Gasteiger partial charge on any atom is 0.0515 e. The van der Waals surface area contributed by atoms with Crippen molar-refractivity contribution in [2.75, 3.05) is 0 Å². The Labute approximate surface area is 84.4 Å². The molecule has 2 heteroatoms. The summed E-state index contributed by atoms with van der Waals surface area (Å²) in [4.78, 5) is 0. The molecule has 0 aliphatic carbocycles. The molecule has 13 heavy (non-hydrogen) atoms. The van der Waals surface area contributed by atoms with E-state index in [4.69, 9.17) is 16.7 Å². The van der Waals surface area contributed by atoms with E-state index in [-0.39, 0.29) is 6.10 Å². The van der Waals surface area contributed by atoms with Crippen LogP contribution in [0.4, 0.5) is 0 Å². The third-order valence-electron chi connectivity index (χ3n) is 2.17. The van der Waals surface area contributed by atoms with Crippen LogP contribution in [0.1, 0.15) is 24.5 Å². The van der Waals surface area contributed by atoms with Gasteiger partial charge in [0.15, 0.2) is 0 Å². The van der Waals surface area contributed by atoms with E-state index in [2.05, 4.69) is 0 Å². The first-order valence-electron chi connectivity index (χ1n) is 4.53. The number of aliphatic hydroxyl groups is 1. The zero-order valence-electron chi connectivity index (χ0n) is 8.05. The molecule has 0 aromatic heterocycles. The highest BCUT2D eigenvalue weighted by Crippen LogP contribution is 2.21. The van der Waals surface area contributed by atoms with Gasteiger partial charge in [0.25, 0.3) is 0 Å². The standard InChI is InChI=1S/C11H15ClO/c1-8-4-3-5-11(12)10(8)7-6-9(2)13/h3-5,9,13H,6-7H2,1-2H3/t9-/m1/s1. The molecule has 0 aliphatic rings. The van der Waals surface area contributed by atoms with Gasteiger partial charge in [-0.15, -0.1) is 0 Å². The quantitative estimate of drug-likeness (QED) is 0.792. The molecule has 0 saturated carbocycles. The van der Waals surface area contributed by atoms with Crippen molar-refractivity contribution in [3.63, 3.8) is 0 Å². The Kier molecular flexibility index (Phi) is 3.76. The molecule has 1 N–H and O–H groups in total. The molecule has 72 valence electrons.